The molecule has 2 rings (SSSR count). The van der Waals surface area contributed by atoms with Crippen molar-refractivity contribution in [3.05, 3.63) is 45.5 Å². The molecule has 96 valence electrons. The smallest absolute Gasteiger partial charge is 0.127 e. The van der Waals surface area contributed by atoms with Crippen LogP contribution in [0.15, 0.2) is 34.1 Å². The summed E-state index contributed by atoms with van der Waals surface area (Å²) in [4.78, 5) is 1.14. The van der Waals surface area contributed by atoms with Gasteiger partial charge in [-0.05, 0) is 45.1 Å². The second kappa shape index (κ2) is 5.95. The van der Waals surface area contributed by atoms with Gasteiger partial charge in [-0.3, -0.25) is 0 Å². The Morgan fingerprint density at radius 3 is 2.72 bits per heavy atom. The fraction of sp³-hybridized carbons (Fsp3) is 0.286. The van der Waals surface area contributed by atoms with E-state index in [1.807, 2.05) is 23.6 Å². The summed E-state index contributed by atoms with van der Waals surface area (Å²) in [5, 5.41) is 5.26. The van der Waals surface area contributed by atoms with E-state index in [1.165, 1.54) is 0 Å². The first-order chi connectivity index (χ1) is 8.58. The van der Waals surface area contributed by atoms with Crippen LogP contribution >= 0.6 is 27.3 Å². The van der Waals surface area contributed by atoms with Crippen LogP contribution < -0.4 is 5.32 Å². The van der Waals surface area contributed by atoms with Crippen molar-refractivity contribution in [1.82, 2.24) is 5.32 Å². The SMILES string of the molecule is CC(C)NCc1cc(-c2sccc2Br)ccc1F. The van der Waals surface area contributed by atoms with E-state index in [-0.39, 0.29) is 5.82 Å². The predicted molar refractivity (Wildman–Crippen MR) is 79.4 cm³/mol. The van der Waals surface area contributed by atoms with Gasteiger partial charge in [-0.2, -0.15) is 0 Å². The highest BCUT2D eigenvalue weighted by molar-refractivity contribution is 9.10. The highest BCUT2D eigenvalue weighted by Gasteiger charge is 2.09. The largest absolute Gasteiger partial charge is 0.310 e. The summed E-state index contributed by atoms with van der Waals surface area (Å²) in [6.45, 7) is 4.66. The van der Waals surface area contributed by atoms with Gasteiger partial charge in [-0.15, -0.1) is 11.3 Å². The van der Waals surface area contributed by atoms with E-state index in [0.29, 0.717) is 18.2 Å². The van der Waals surface area contributed by atoms with Crippen molar-refractivity contribution in [2.24, 2.45) is 0 Å². The third-order valence-corrected chi connectivity index (χ3v) is 4.51. The lowest BCUT2D eigenvalue weighted by Crippen LogP contribution is -2.22. The van der Waals surface area contributed by atoms with Crippen molar-refractivity contribution in [2.75, 3.05) is 0 Å². The summed E-state index contributed by atoms with van der Waals surface area (Å²) >= 11 is 5.16. The molecule has 0 spiro atoms. The maximum Gasteiger partial charge on any atom is 0.127 e. The van der Waals surface area contributed by atoms with E-state index in [9.17, 15) is 4.39 Å². The summed E-state index contributed by atoms with van der Waals surface area (Å²) in [6.07, 6.45) is 0. The van der Waals surface area contributed by atoms with Crippen LogP contribution in [-0.4, -0.2) is 6.04 Å². The molecule has 0 aliphatic rings. The molecule has 4 heteroatoms. The van der Waals surface area contributed by atoms with E-state index < -0.39 is 0 Å². The fourth-order valence-electron chi connectivity index (χ4n) is 1.67. The number of nitrogens with one attached hydrogen (secondary N) is 1. The number of thiophene rings is 1. The van der Waals surface area contributed by atoms with Crippen LogP contribution in [0.5, 0.6) is 0 Å². The molecule has 0 radical (unpaired) electrons. The Hall–Kier alpha value is -0.710. The minimum absolute atomic E-state index is 0.153. The number of halogens is 2. The van der Waals surface area contributed by atoms with Crippen LogP contribution in [0.1, 0.15) is 19.4 Å². The Balaban J connectivity index is 2.29. The molecule has 2 aromatic rings. The molecule has 0 saturated carbocycles. The Bertz CT molecular complexity index is 536. The standard InChI is InChI=1S/C14H15BrFNS/c1-9(2)17-8-11-7-10(3-4-13(11)16)14-12(15)5-6-18-14/h3-7,9,17H,8H2,1-2H3. The summed E-state index contributed by atoms with van der Waals surface area (Å²) < 4.78 is 14.8. The van der Waals surface area contributed by atoms with E-state index in [2.05, 4.69) is 35.1 Å². The van der Waals surface area contributed by atoms with Crippen molar-refractivity contribution in [1.29, 1.82) is 0 Å². The molecular weight excluding hydrogens is 313 g/mol. The van der Waals surface area contributed by atoms with Gasteiger partial charge >= 0.3 is 0 Å². The lowest BCUT2D eigenvalue weighted by Gasteiger charge is -2.10. The monoisotopic (exact) mass is 327 g/mol. The van der Waals surface area contributed by atoms with Gasteiger partial charge in [0.2, 0.25) is 0 Å². The highest BCUT2D eigenvalue weighted by atomic mass is 79.9. The van der Waals surface area contributed by atoms with Gasteiger partial charge in [0.05, 0.1) is 0 Å². The lowest BCUT2D eigenvalue weighted by atomic mass is 10.1. The molecule has 0 amide bonds. The van der Waals surface area contributed by atoms with Crippen LogP contribution in [0.25, 0.3) is 10.4 Å². The van der Waals surface area contributed by atoms with Gasteiger partial charge in [-0.25, -0.2) is 4.39 Å². The third-order valence-electron chi connectivity index (χ3n) is 2.63. The predicted octanol–water partition coefficient (Wildman–Crippen LogP) is 4.81. The molecular formula is C14H15BrFNS. The minimum atomic E-state index is -0.153. The highest BCUT2D eigenvalue weighted by Crippen LogP contribution is 2.34. The summed E-state index contributed by atoms with van der Waals surface area (Å²) in [5.74, 6) is -0.153. The van der Waals surface area contributed by atoms with Gasteiger partial charge in [0.25, 0.3) is 0 Å². The molecule has 1 aromatic carbocycles. The van der Waals surface area contributed by atoms with Gasteiger partial charge in [0.15, 0.2) is 0 Å². The Morgan fingerprint density at radius 1 is 1.33 bits per heavy atom. The Morgan fingerprint density at radius 2 is 2.11 bits per heavy atom. The Kier molecular flexibility index (Phi) is 4.54. The zero-order valence-electron chi connectivity index (χ0n) is 10.3. The molecule has 0 saturated heterocycles. The first-order valence-corrected chi connectivity index (χ1v) is 7.50. The van der Waals surface area contributed by atoms with Crippen LogP contribution in [0.2, 0.25) is 0 Å². The van der Waals surface area contributed by atoms with Crippen molar-refractivity contribution in [2.45, 2.75) is 26.4 Å². The zero-order chi connectivity index (χ0) is 13.1. The zero-order valence-corrected chi connectivity index (χ0v) is 12.7. The van der Waals surface area contributed by atoms with E-state index in [4.69, 9.17) is 0 Å². The van der Waals surface area contributed by atoms with Gasteiger partial charge in [-0.1, -0.05) is 19.9 Å². The first-order valence-electron chi connectivity index (χ1n) is 5.83. The number of rotatable bonds is 4. The van der Waals surface area contributed by atoms with Crippen molar-refractivity contribution >= 4 is 27.3 Å². The average molecular weight is 328 g/mol. The van der Waals surface area contributed by atoms with Gasteiger partial charge < -0.3 is 5.32 Å². The molecule has 1 heterocycles. The van der Waals surface area contributed by atoms with E-state index in [0.717, 1.165) is 14.9 Å². The molecule has 1 aromatic heterocycles. The van der Waals surface area contributed by atoms with Crippen LogP contribution in [0.4, 0.5) is 4.39 Å². The molecule has 18 heavy (non-hydrogen) atoms. The minimum Gasteiger partial charge on any atom is -0.310 e. The van der Waals surface area contributed by atoms with Crippen LogP contribution in [-0.2, 0) is 6.54 Å². The molecule has 0 fully saturated rings. The normalized spacial score (nSPS) is 11.2. The fourth-order valence-corrected chi connectivity index (χ4v) is 3.27. The quantitative estimate of drug-likeness (QED) is 0.849. The second-order valence-corrected chi connectivity index (χ2v) is 6.21. The average Bonchev–Trinajstić information content (AvgIpc) is 2.74. The van der Waals surface area contributed by atoms with Crippen molar-refractivity contribution < 1.29 is 4.39 Å². The maximum absolute atomic E-state index is 13.7. The third kappa shape index (κ3) is 3.19. The maximum atomic E-state index is 13.7. The number of hydrogen-bond donors (Lipinski definition) is 1. The van der Waals surface area contributed by atoms with E-state index >= 15 is 0 Å². The Labute approximate surface area is 119 Å². The molecule has 0 aliphatic heterocycles. The molecule has 0 aliphatic carbocycles. The van der Waals surface area contributed by atoms with Crippen molar-refractivity contribution in [3.63, 3.8) is 0 Å². The second-order valence-electron chi connectivity index (χ2n) is 4.44. The first kappa shape index (κ1) is 13.7. The van der Waals surface area contributed by atoms with E-state index in [1.54, 1.807) is 17.4 Å². The summed E-state index contributed by atoms with van der Waals surface area (Å²) in [6, 6.07) is 7.64. The van der Waals surface area contributed by atoms with Crippen molar-refractivity contribution in [3.8, 4) is 10.4 Å². The van der Waals surface area contributed by atoms with Gasteiger partial charge in [0.1, 0.15) is 5.82 Å². The molecule has 0 unspecified atom stereocenters. The van der Waals surface area contributed by atoms with Crippen LogP contribution in [0, 0.1) is 5.82 Å². The molecule has 1 nitrogen and oxygen atoms in total. The molecule has 1 N–H and O–H groups in total. The number of hydrogen-bond acceptors (Lipinski definition) is 2. The molecule has 0 atom stereocenters. The molecule has 0 bridgehead atoms. The van der Waals surface area contributed by atoms with Crippen LogP contribution in [0.3, 0.4) is 0 Å². The van der Waals surface area contributed by atoms with Gasteiger partial charge in [0, 0.05) is 27.5 Å². The number of benzene rings is 1. The topological polar surface area (TPSA) is 12.0 Å². The summed E-state index contributed by atoms with van der Waals surface area (Å²) in [5.41, 5.74) is 1.76. The lowest BCUT2D eigenvalue weighted by molar-refractivity contribution is 0.553. The summed E-state index contributed by atoms with van der Waals surface area (Å²) in [7, 11) is 0.